The van der Waals surface area contributed by atoms with Crippen LogP contribution in [0, 0.1) is 18.8 Å². The minimum atomic E-state index is -0.220. The van der Waals surface area contributed by atoms with Gasteiger partial charge in [0.15, 0.2) is 0 Å². The molecule has 0 amide bonds. The maximum Gasteiger partial charge on any atom is 0.256 e. The highest BCUT2D eigenvalue weighted by Gasteiger charge is 2.04. The third-order valence-corrected chi connectivity index (χ3v) is 2.51. The summed E-state index contributed by atoms with van der Waals surface area (Å²) in [5, 5.41) is 0. The first kappa shape index (κ1) is 11.9. The molecule has 0 radical (unpaired) electrons. The normalized spacial score (nSPS) is 9.61. The van der Waals surface area contributed by atoms with Gasteiger partial charge in [-0.25, -0.2) is 4.98 Å². The number of benzene rings is 1. The number of nitrogens with zero attached hydrogens (tertiary/aromatic N) is 1. The number of anilines is 1. The fourth-order valence-corrected chi connectivity index (χ4v) is 1.60. The molecule has 1 heterocycles. The number of hydrogen-bond acceptors (Lipinski definition) is 3. The van der Waals surface area contributed by atoms with Crippen LogP contribution >= 0.6 is 0 Å². The molecule has 3 N–H and O–H groups in total. The van der Waals surface area contributed by atoms with Crippen molar-refractivity contribution in [3.05, 3.63) is 57.5 Å². The molecule has 90 valence electrons. The van der Waals surface area contributed by atoms with Crippen LogP contribution in [0.15, 0.2) is 35.1 Å². The summed E-state index contributed by atoms with van der Waals surface area (Å²) in [5.74, 6) is 6.11. The maximum absolute atomic E-state index is 11.7. The molecule has 0 atom stereocenters. The topological polar surface area (TPSA) is 71.8 Å². The van der Waals surface area contributed by atoms with Crippen LogP contribution in [-0.4, -0.2) is 9.97 Å². The fourth-order valence-electron chi connectivity index (χ4n) is 1.60. The van der Waals surface area contributed by atoms with Gasteiger partial charge in [-0.05, 0) is 19.1 Å². The van der Waals surface area contributed by atoms with Gasteiger partial charge in [-0.15, -0.1) is 0 Å². The predicted octanol–water partition coefficient (Wildman–Crippen LogP) is 1.25. The number of aryl methyl sites for hydroxylation is 1. The highest BCUT2D eigenvalue weighted by molar-refractivity contribution is 5.36. The molecule has 0 aliphatic rings. The molecule has 0 fully saturated rings. The number of nitrogens with one attached hydrogen (secondary N) is 1. The van der Waals surface area contributed by atoms with Crippen molar-refractivity contribution in [2.75, 3.05) is 5.73 Å². The quantitative estimate of drug-likeness (QED) is 0.736. The fraction of sp³-hybridized carbons (Fsp3) is 0.143. The number of hydrogen-bond donors (Lipinski definition) is 2. The van der Waals surface area contributed by atoms with E-state index < -0.39 is 0 Å². The standard InChI is InChI=1S/C14H13N3O/c1-10-12(13(18)17-14(15)16-10)9-5-8-11-6-3-2-4-7-11/h2-4,6-7H,9H2,1H3,(H3,15,16,17,18). The Labute approximate surface area is 105 Å². The number of aromatic amines is 1. The van der Waals surface area contributed by atoms with Gasteiger partial charge in [0.1, 0.15) is 0 Å². The Morgan fingerprint density at radius 1 is 1.33 bits per heavy atom. The zero-order chi connectivity index (χ0) is 13.0. The molecule has 4 heteroatoms. The van der Waals surface area contributed by atoms with Gasteiger partial charge in [-0.2, -0.15) is 0 Å². The molecule has 18 heavy (non-hydrogen) atoms. The van der Waals surface area contributed by atoms with E-state index in [1.54, 1.807) is 6.92 Å². The summed E-state index contributed by atoms with van der Waals surface area (Å²) in [5.41, 5.74) is 7.34. The van der Waals surface area contributed by atoms with Crippen LogP contribution in [0.5, 0.6) is 0 Å². The van der Waals surface area contributed by atoms with E-state index in [4.69, 9.17) is 5.73 Å². The van der Waals surface area contributed by atoms with Crippen LogP contribution in [0.2, 0.25) is 0 Å². The van der Waals surface area contributed by atoms with Crippen LogP contribution in [0.4, 0.5) is 5.95 Å². The van der Waals surface area contributed by atoms with Crippen LogP contribution < -0.4 is 11.3 Å². The zero-order valence-electron chi connectivity index (χ0n) is 10.0. The van der Waals surface area contributed by atoms with Gasteiger partial charge in [0.25, 0.3) is 5.56 Å². The monoisotopic (exact) mass is 239 g/mol. The van der Waals surface area contributed by atoms with Gasteiger partial charge >= 0.3 is 0 Å². The van der Waals surface area contributed by atoms with E-state index in [-0.39, 0.29) is 11.5 Å². The van der Waals surface area contributed by atoms with E-state index in [2.05, 4.69) is 21.8 Å². The van der Waals surface area contributed by atoms with Crippen LogP contribution in [0.1, 0.15) is 16.8 Å². The number of rotatable bonds is 1. The van der Waals surface area contributed by atoms with Gasteiger partial charge in [0.05, 0.1) is 11.3 Å². The lowest BCUT2D eigenvalue weighted by Gasteiger charge is -2.00. The summed E-state index contributed by atoms with van der Waals surface area (Å²) in [6.07, 6.45) is 0.364. The Morgan fingerprint density at radius 3 is 2.72 bits per heavy atom. The molecule has 0 spiro atoms. The first-order valence-electron chi connectivity index (χ1n) is 5.56. The van der Waals surface area contributed by atoms with Gasteiger partial charge in [0, 0.05) is 12.0 Å². The summed E-state index contributed by atoms with van der Waals surface area (Å²) in [7, 11) is 0. The van der Waals surface area contributed by atoms with E-state index in [0.29, 0.717) is 17.7 Å². The van der Waals surface area contributed by atoms with E-state index >= 15 is 0 Å². The van der Waals surface area contributed by atoms with Crippen LogP contribution in [-0.2, 0) is 6.42 Å². The second kappa shape index (κ2) is 5.19. The van der Waals surface area contributed by atoms with Crippen molar-refractivity contribution in [1.29, 1.82) is 0 Å². The van der Waals surface area contributed by atoms with Crippen molar-refractivity contribution < 1.29 is 0 Å². The summed E-state index contributed by atoms with van der Waals surface area (Å²) in [6, 6.07) is 9.63. The summed E-state index contributed by atoms with van der Waals surface area (Å²) in [6.45, 7) is 1.76. The Hall–Kier alpha value is -2.54. The third-order valence-electron chi connectivity index (χ3n) is 2.51. The molecule has 0 saturated heterocycles. The number of aromatic nitrogens is 2. The Kier molecular flexibility index (Phi) is 3.44. The molecular formula is C14H13N3O. The molecule has 2 aromatic rings. The minimum absolute atomic E-state index is 0.136. The van der Waals surface area contributed by atoms with Gasteiger partial charge in [0.2, 0.25) is 5.95 Å². The first-order chi connectivity index (χ1) is 8.66. The smallest absolute Gasteiger partial charge is 0.256 e. The number of nitrogen functional groups attached to an aromatic ring is 1. The molecule has 0 aliphatic heterocycles. The SMILES string of the molecule is Cc1nc(N)[nH]c(=O)c1CC#Cc1ccccc1. The maximum atomic E-state index is 11.7. The molecule has 1 aromatic carbocycles. The van der Waals surface area contributed by atoms with Crippen molar-refractivity contribution >= 4 is 5.95 Å². The Balaban J connectivity index is 2.22. The molecule has 2 rings (SSSR count). The molecular weight excluding hydrogens is 226 g/mol. The number of nitrogens with two attached hydrogens (primary N) is 1. The molecule has 1 aromatic heterocycles. The predicted molar refractivity (Wildman–Crippen MR) is 71.0 cm³/mol. The minimum Gasteiger partial charge on any atom is -0.369 e. The lowest BCUT2D eigenvalue weighted by Crippen LogP contribution is -2.18. The lowest BCUT2D eigenvalue weighted by molar-refractivity contribution is 1.01. The molecule has 4 nitrogen and oxygen atoms in total. The Bertz CT molecular complexity index is 663. The van der Waals surface area contributed by atoms with E-state index in [0.717, 1.165) is 5.56 Å². The zero-order valence-corrected chi connectivity index (χ0v) is 10.0. The van der Waals surface area contributed by atoms with Crippen molar-refractivity contribution in [3.63, 3.8) is 0 Å². The second-order valence-electron chi connectivity index (χ2n) is 3.86. The lowest BCUT2D eigenvalue weighted by atomic mass is 10.1. The summed E-state index contributed by atoms with van der Waals surface area (Å²) in [4.78, 5) is 18.1. The van der Waals surface area contributed by atoms with Gasteiger partial charge in [-0.3, -0.25) is 9.78 Å². The molecule has 0 bridgehead atoms. The third kappa shape index (κ3) is 2.77. The van der Waals surface area contributed by atoms with Crippen LogP contribution in [0.25, 0.3) is 0 Å². The average molecular weight is 239 g/mol. The first-order valence-corrected chi connectivity index (χ1v) is 5.56. The molecule has 0 aliphatic carbocycles. The van der Waals surface area contributed by atoms with E-state index in [9.17, 15) is 4.79 Å². The van der Waals surface area contributed by atoms with Crippen molar-refractivity contribution in [2.24, 2.45) is 0 Å². The van der Waals surface area contributed by atoms with Crippen molar-refractivity contribution in [2.45, 2.75) is 13.3 Å². The highest BCUT2D eigenvalue weighted by Crippen LogP contribution is 2.01. The van der Waals surface area contributed by atoms with Crippen LogP contribution in [0.3, 0.4) is 0 Å². The highest BCUT2D eigenvalue weighted by atomic mass is 16.1. The van der Waals surface area contributed by atoms with E-state index in [1.807, 2.05) is 30.3 Å². The average Bonchev–Trinajstić information content (AvgIpc) is 2.34. The largest absolute Gasteiger partial charge is 0.369 e. The van der Waals surface area contributed by atoms with Gasteiger partial charge < -0.3 is 5.73 Å². The number of H-pyrrole nitrogens is 1. The van der Waals surface area contributed by atoms with Crippen molar-refractivity contribution in [1.82, 2.24) is 9.97 Å². The van der Waals surface area contributed by atoms with E-state index in [1.165, 1.54) is 0 Å². The van der Waals surface area contributed by atoms with Crippen molar-refractivity contribution in [3.8, 4) is 11.8 Å². The summed E-state index contributed by atoms with van der Waals surface area (Å²) >= 11 is 0. The summed E-state index contributed by atoms with van der Waals surface area (Å²) < 4.78 is 0. The molecule has 0 saturated carbocycles. The Morgan fingerprint density at radius 2 is 2.06 bits per heavy atom. The van der Waals surface area contributed by atoms with Gasteiger partial charge in [-0.1, -0.05) is 30.0 Å². The second-order valence-corrected chi connectivity index (χ2v) is 3.86. The molecule has 0 unspecified atom stereocenters.